The molecule has 0 aromatic rings. The summed E-state index contributed by atoms with van der Waals surface area (Å²) in [6, 6.07) is 0. The van der Waals surface area contributed by atoms with Crippen molar-refractivity contribution in [2.24, 2.45) is 0 Å². The lowest BCUT2D eigenvalue weighted by Gasteiger charge is -2.25. The molecule has 0 radical (unpaired) electrons. The van der Waals surface area contributed by atoms with Gasteiger partial charge in [-0.1, -0.05) is 33.1 Å². The Bertz CT molecular complexity index is 264. The molecular formula is C14H33NO3P+. The molecule has 1 atom stereocenters. The summed E-state index contributed by atoms with van der Waals surface area (Å²) < 4.78 is 24.6. The summed E-state index contributed by atoms with van der Waals surface area (Å²) in [5.74, 6) is 0. The maximum atomic E-state index is 12.6. The second-order valence-corrected chi connectivity index (χ2v) is 8.26. The Hall–Kier alpha value is 0.110. The molecule has 0 fully saturated rings. The molecule has 116 valence electrons. The lowest BCUT2D eigenvalue weighted by molar-refractivity contribution is -0.870. The van der Waals surface area contributed by atoms with Crippen LogP contribution >= 0.6 is 7.60 Å². The van der Waals surface area contributed by atoms with E-state index in [1.54, 1.807) is 0 Å². The molecular weight excluding hydrogens is 261 g/mol. The number of nitrogens with zero attached hydrogens (tertiary/aromatic N) is 1. The second kappa shape index (κ2) is 9.93. The van der Waals surface area contributed by atoms with Gasteiger partial charge in [0.05, 0.1) is 33.9 Å². The second-order valence-electron chi connectivity index (χ2n) is 6.08. The first kappa shape index (κ1) is 19.1. The molecule has 0 rings (SSSR count). The van der Waals surface area contributed by atoms with Crippen molar-refractivity contribution in [1.29, 1.82) is 0 Å². The quantitative estimate of drug-likeness (QED) is 0.311. The van der Waals surface area contributed by atoms with Crippen LogP contribution in [-0.2, 0) is 13.6 Å². The molecule has 0 saturated carbocycles. The first-order chi connectivity index (χ1) is 8.83. The Balaban J connectivity index is 4.14. The molecule has 0 aromatic heterocycles. The van der Waals surface area contributed by atoms with Crippen LogP contribution in [0, 0.1) is 0 Å². The Morgan fingerprint density at radius 3 is 2.00 bits per heavy atom. The van der Waals surface area contributed by atoms with Crippen LogP contribution < -0.4 is 0 Å². The molecule has 19 heavy (non-hydrogen) atoms. The summed E-state index contributed by atoms with van der Waals surface area (Å²) in [6.45, 7) is 6.13. The maximum absolute atomic E-state index is 12.6. The number of likely N-dealkylation sites (N-methyl/N-ethyl adjacent to an activating group) is 1. The van der Waals surface area contributed by atoms with E-state index in [1.165, 1.54) is 0 Å². The van der Waals surface area contributed by atoms with Gasteiger partial charge in [0.2, 0.25) is 0 Å². The zero-order valence-corrected chi connectivity index (χ0v) is 14.4. The fourth-order valence-electron chi connectivity index (χ4n) is 1.53. The number of hydrogen-bond acceptors (Lipinski definition) is 3. The van der Waals surface area contributed by atoms with Crippen LogP contribution in [0.3, 0.4) is 0 Å². The Morgan fingerprint density at radius 2 is 1.47 bits per heavy atom. The van der Waals surface area contributed by atoms with Gasteiger partial charge in [-0.15, -0.1) is 0 Å². The van der Waals surface area contributed by atoms with E-state index in [0.717, 1.165) is 43.1 Å². The summed E-state index contributed by atoms with van der Waals surface area (Å²) in [6.07, 6.45) is 5.69. The highest BCUT2D eigenvalue weighted by Gasteiger charge is 2.24. The lowest BCUT2D eigenvalue weighted by atomic mass is 10.3. The van der Waals surface area contributed by atoms with Crippen LogP contribution in [0.5, 0.6) is 0 Å². The molecule has 0 aliphatic carbocycles. The van der Waals surface area contributed by atoms with Crippen molar-refractivity contribution in [2.75, 3.05) is 47.1 Å². The molecule has 4 nitrogen and oxygen atoms in total. The monoisotopic (exact) mass is 294 g/mol. The van der Waals surface area contributed by atoms with Crippen LogP contribution in [0.25, 0.3) is 0 Å². The van der Waals surface area contributed by atoms with Crippen molar-refractivity contribution in [1.82, 2.24) is 0 Å². The van der Waals surface area contributed by atoms with Crippen molar-refractivity contribution in [3.8, 4) is 0 Å². The summed E-state index contributed by atoms with van der Waals surface area (Å²) >= 11 is 0. The predicted octanol–water partition coefficient (Wildman–Crippen LogP) is 3.91. The minimum atomic E-state index is -2.87. The molecule has 0 N–H and O–H groups in total. The first-order valence-electron chi connectivity index (χ1n) is 7.51. The van der Waals surface area contributed by atoms with E-state index in [4.69, 9.17) is 9.05 Å². The Kier molecular flexibility index (Phi) is 9.98. The van der Waals surface area contributed by atoms with Crippen LogP contribution in [0.1, 0.15) is 46.0 Å². The van der Waals surface area contributed by atoms with E-state index in [0.29, 0.717) is 19.4 Å². The van der Waals surface area contributed by atoms with Crippen LogP contribution in [0.4, 0.5) is 0 Å². The van der Waals surface area contributed by atoms with E-state index >= 15 is 0 Å². The minimum absolute atomic E-state index is 0.498. The predicted molar refractivity (Wildman–Crippen MR) is 81.7 cm³/mol. The highest BCUT2D eigenvalue weighted by Crippen LogP contribution is 2.49. The zero-order valence-electron chi connectivity index (χ0n) is 13.5. The molecule has 0 amide bonds. The van der Waals surface area contributed by atoms with Gasteiger partial charge in [-0.05, 0) is 12.8 Å². The van der Waals surface area contributed by atoms with Crippen LogP contribution in [0.15, 0.2) is 0 Å². The molecule has 0 bridgehead atoms. The van der Waals surface area contributed by atoms with Crippen LogP contribution in [-0.4, -0.2) is 51.5 Å². The van der Waals surface area contributed by atoms with E-state index in [9.17, 15) is 4.57 Å². The van der Waals surface area contributed by atoms with Gasteiger partial charge < -0.3 is 13.5 Å². The minimum Gasteiger partial charge on any atom is -0.329 e. The molecule has 0 aliphatic heterocycles. The van der Waals surface area contributed by atoms with E-state index in [1.807, 2.05) is 0 Å². The Labute approximate surface area is 119 Å². The summed E-state index contributed by atoms with van der Waals surface area (Å²) in [5.41, 5.74) is 0. The topological polar surface area (TPSA) is 35.5 Å². The van der Waals surface area contributed by atoms with Crippen molar-refractivity contribution >= 4 is 7.60 Å². The normalized spacial score (nSPS) is 15.4. The summed E-state index contributed by atoms with van der Waals surface area (Å²) in [4.78, 5) is 0. The van der Waals surface area contributed by atoms with E-state index in [2.05, 4.69) is 35.0 Å². The standard InChI is InChI=1S/C14H33NO3P/c1-6-8-10-12-17-19(16,14-9-7-2)18-13-11-15(3,4)5/h6-14H2,1-5H3/q+1. The smallest absolute Gasteiger partial charge is 0.329 e. The fourth-order valence-corrected chi connectivity index (χ4v) is 3.33. The highest BCUT2D eigenvalue weighted by atomic mass is 31.2. The van der Waals surface area contributed by atoms with Gasteiger partial charge in [0.25, 0.3) is 0 Å². The first-order valence-corrected chi connectivity index (χ1v) is 9.24. The third-order valence-corrected chi connectivity index (χ3v) is 4.89. The van der Waals surface area contributed by atoms with Crippen molar-refractivity contribution in [2.45, 2.75) is 46.0 Å². The Morgan fingerprint density at radius 1 is 0.895 bits per heavy atom. The molecule has 5 heteroatoms. The summed E-state index contributed by atoms with van der Waals surface area (Å²) in [7, 11) is 3.43. The van der Waals surface area contributed by atoms with Gasteiger partial charge in [-0.2, -0.15) is 0 Å². The molecule has 0 aromatic carbocycles. The number of quaternary nitrogens is 1. The fraction of sp³-hybridized carbons (Fsp3) is 1.00. The number of rotatable bonds is 12. The molecule has 0 aliphatic rings. The highest BCUT2D eigenvalue weighted by molar-refractivity contribution is 7.53. The summed E-state index contributed by atoms with van der Waals surface area (Å²) in [5, 5.41) is 0. The number of unbranched alkanes of at least 4 members (excludes halogenated alkanes) is 3. The van der Waals surface area contributed by atoms with E-state index in [-0.39, 0.29) is 0 Å². The SMILES string of the molecule is CCCCCOP(=O)(CCCC)OCC[N+](C)(C)C. The van der Waals surface area contributed by atoms with E-state index < -0.39 is 7.60 Å². The van der Waals surface area contributed by atoms with Crippen molar-refractivity contribution < 1.29 is 18.1 Å². The maximum Gasteiger partial charge on any atom is 0.330 e. The zero-order chi connectivity index (χ0) is 14.8. The average molecular weight is 294 g/mol. The van der Waals surface area contributed by atoms with Crippen LogP contribution in [0.2, 0.25) is 0 Å². The lowest BCUT2D eigenvalue weighted by Crippen LogP contribution is -2.37. The van der Waals surface area contributed by atoms with Gasteiger partial charge in [0, 0.05) is 0 Å². The largest absolute Gasteiger partial charge is 0.330 e. The van der Waals surface area contributed by atoms with Gasteiger partial charge in [0.15, 0.2) is 0 Å². The van der Waals surface area contributed by atoms with Crippen molar-refractivity contribution in [3.63, 3.8) is 0 Å². The molecule has 0 spiro atoms. The van der Waals surface area contributed by atoms with Gasteiger partial charge >= 0.3 is 7.60 Å². The third-order valence-electron chi connectivity index (χ3n) is 2.87. The number of hydrogen-bond donors (Lipinski definition) is 0. The molecule has 0 heterocycles. The van der Waals surface area contributed by atoms with Gasteiger partial charge in [-0.25, -0.2) is 0 Å². The van der Waals surface area contributed by atoms with Crippen molar-refractivity contribution in [3.05, 3.63) is 0 Å². The van der Waals surface area contributed by atoms with Gasteiger partial charge in [-0.3, -0.25) is 4.57 Å². The average Bonchev–Trinajstić information content (AvgIpc) is 2.31. The van der Waals surface area contributed by atoms with Gasteiger partial charge in [0.1, 0.15) is 13.2 Å². The third kappa shape index (κ3) is 11.6. The molecule has 0 saturated heterocycles. The molecule has 1 unspecified atom stereocenters.